The van der Waals surface area contributed by atoms with Crippen molar-refractivity contribution in [3.8, 4) is 11.5 Å². The number of nitro benzene ring substituents is 1. The van der Waals surface area contributed by atoms with E-state index in [4.69, 9.17) is 21.1 Å². The summed E-state index contributed by atoms with van der Waals surface area (Å²) in [6.45, 7) is 5.17. The van der Waals surface area contributed by atoms with Gasteiger partial charge in [-0.3, -0.25) is 14.9 Å². The normalized spacial score (nSPS) is 10.2. The number of allylic oxidation sites excluding steroid dienone is 1. The van der Waals surface area contributed by atoms with Crippen LogP contribution in [0.2, 0.25) is 5.02 Å². The van der Waals surface area contributed by atoms with Crippen LogP contribution >= 0.6 is 11.6 Å². The molecule has 1 amide bonds. The number of halogens is 1. The number of carbonyl (C=O) groups excluding carboxylic acids is 1. The minimum absolute atomic E-state index is 0.0509. The van der Waals surface area contributed by atoms with E-state index in [-0.39, 0.29) is 12.3 Å². The number of rotatable bonds is 8. The zero-order chi connectivity index (χ0) is 20.0. The van der Waals surface area contributed by atoms with Crippen molar-refractivity contribution in [1.82, 2.24) is 0 Å². The second-order valence-electron chi connectivity index (χ2n) is 5.68. The minimum atomic E-state index is -0.488. The molecule has 0 unspecified atom stereocenters. The Bertz CT molecular complexity index is 883. The summed E-state index contributed by atoms with van der Waals surface area (Å²) in [5.74, 6) is 0.412. The maximum absolute atomic E-state index is 12.2. The Hall–Kier alpha value is -3.06. The van der Waals surface area contributed by atoms with E-state index in [1.54, 1.807) is 18.2 Å². The maximum atomic E-state index is 12.2. The van der Waals surface area contributed by atoms with Crippen molar-refractivity contribution in [2.45, 2.75) is 13.3 Å². The number of methoxy groups -OCH3 is 1. The molecule has 0 fully saturated rings. The molecule has 0 bridgehead atoms. The van der Waals surface area contributed by atoms with Crippen LogP contribution in [0.25, 0.3) is 0 Å². The largest absolute Gasteiger partial charge is 0.495 e. The first-order valence-electron chi connectivity index (χ1n) is 8.00. The van der Waals surface area contributed by atoms with E-state index in [9.17, 15) is 14.9 Å². The topological polar surface area (TPSA) is 90.7 Å². The van der Waals surface area contributed by atoms with Crippen molar-refractivity contribution in [3.05, 3.63) is 69.3 Å². The molecule has 0 spiro atoms. The number of hydrogen-bond donors (Lipinski definition) is 1. The predicted molar refractivity (Wildman–Crippen MR) is 104 cm³/mol. The Morgan fingerprint density at radius 1 is 1.33 bits per heavy atom. The first kappa shape index (κ1) is 20.3. The number of ether oxygens (including phenoxy) is 2. The van der Waals surface area contributed by atoms with Gasteiger partial charge in [0, 0.05) is 28.8 Å². The number of carbonyl (C=O) groups is 1. The molecule has 0 heterocycles. The number of nitro groups is 1. The average molecular weight is 391 g/mol. The summed E-state index contributed by atoms with van der Waals surface area (Å²) >= 11 is 6.05. The molecule has 2 aromatic rings. The Morgan fingerprint density at radius 2 is 2.07 bits per heavy atom. The van der Waals surface area contributed by atoms with Gasteiger partial charge in [-0.15, -0.1) is 6.58 Å². The zero-order valence-electron chi connectivity index (χ0n) is 15.0. The molecule has 1 N–H and O–H groups in total. The number of nitrogens with zero attached hydrogens (tertiary/aromatic N) is 1. The molecule has 7 nitrogen and oxygen atoms in total. The molecule has 27 heavy (non-hydrogen) atoms. The SMILES string of the molecule is C=CCc1cc([N+](=O)[O-])ccc1OCC(=O)Nc1cc(C)c(Cl)cc1OC. The van der Waals surface area contributed by atoms with Crippen LogP contribution in [-0.2, 0) is 11.2 Å². The zero-order valence-corrected chi connectivity index (χ0v) is 15.7. The van der Waals surface area contributed by atoms with E-state index in [1.807, 2.05) is 6.92 Å². The first-order valence-corrected chi connectivity index (χ1v) is 8.38. The predicted octanol–water partition coefficient (Wildman–Crippen LogP) is 4.31. The van der Waals surface area contributed by atoms with Crippen molar-refractivity contribution >= 4 is 28.9 Å². The fourth-order valence-electron chi connectivity index (χ4n) is 2.39. The molecule has 0 radical (unpaired) electrons. The smallest absolute Gasteiger partial charge is 0.269 e. The van der Waals surface area contributed by atoms with E-state index >= 15 is 0 Å². The number of amides is 1. The van der Waals surface area contributed by atoms with E-state index in [0.29, 0.717) is 34.2 Å². The van der Waals surface area contributed by atoms with E-state index < -0.39 is 10.8 Å². The quantitative estimate of drug-likeness (QED) is 0.412. The van der Waals surface area contributed by atoms with Crippen LogP contribution in [0.3, 0.4) is 0 Å². The molecule has 0 atom stereocenters. The van der Waals surface area contributed by atoms with E-state index in [1.165, 1.54) is 25.3 Å². The highest BCUT2D eigenvalue weighted by Gasteiger charge is 2.14. The van der Waals surface area contributed by atoms with Crippen LogP contribution < -0.4 is 14.8 Å². The van der Waals surface area contributed by atoms with Crippen molar-refractivity contribution in [2.75, 3.05) is 19.0 Å². The van der Waals surface area contributed by atoms with Gasteiger partial charge in [-0.05, 0) is 31.0 Å². The van der Waals surface area contributed by atoms with Crippen molar-refractivity contribution in [3.63, 3.8) is 0 Å². The molecular formula is C19H19ClN2O5. The summed E-state index contributed by atoms with van der Waals surface area (Å²) in [6.07, 6.45) is 1.98. The van der Waals surface area contributed by atoms with Crippen LogP contribution in [-0.4, -0.2) is 24.5 Å². The van der Waals surface area contributed by atoms with Crippen LogP contribution in [0.15, 0.2) is 43.0 Å². The number of benzene rings is 2. The highest BCUT2D eigenvalue weighted by molar-refractivity contribution is 6.31. The lowest BCUT2D eigenvalue weighted by Crippen LogP contribution is -2.21. The van der Waals surface area contributed by atoms with Crippen molar-refractivity contribution in [1.29, 1.82) is 0 Å². The van der Waals surface area contributed by atoms with Gasteiger partial charge in [-0.25, -0.2) is 0 Å². The van der Waals surface area contributed by atoms with Crippen molar-refractivity contribution in [2.24, 2.45) is 0 Å². The Morgan fingerprint density at radius 3 is 2.70 bits per heavy atom. The molecule has 8 heteroatoms. The Balaban J connectivity index is 2.11. The molecule has 2 aromatic carbocycles. The van der Waals surface area contributed by atoms with Crippen LogP contribution in [0, 0.1) is 17.0 Å². The van der Waals surface area contributed by atoms with E-state index in [2.05, 4.69) is 11.9 Å². The third-order valence-corrected chi connectivity index (χ3v) is 4.14. The second-order valence-corrected chi connectivity index (χ2v) is 6.09. The van der Waals surface area contributed by atoms with Gasteiger partial charge in [-0.2, -0.15) is 0 Å². The number of hydrogen-bond acceptors (Lipinski definition) is 5. The van der Waals surface area contributed by atoms with Gasteiger partial charge >= 0.3 is 0 Å². The van der Waals surface area contributed by atoms with Gasteiger partial charge in [0.05, 0.1) is 17.7 Å². The monoisotopic (exact) mass is 390 g/mol. The standard InChI is InChI=1S/C19H19ClN2O5/c1-4-5-13-9-14(22(24)25)6-7-17(13)27-11-19(23)21-16-8-12(2)15(20)10-18(16)26-3/h4,6-10H,1,5,11H2,2-3H3,(H,21,23). The summed E-state index contributed by atoms with van der Waals surface area (Å²) in [5.41, 5.74) is 1.79. The van der Waals surface area contributed by atoms with Crippen LogP contribution in [0.5, 0.6) is 11.5 Å². The molecule has 2 rings (SSSR count). The summed E-state index contributed by atoms with van der Waals surface area (Å²) in [5, 5.41) is 14.1. The second kappa shape index (κ2) is 9.05. The van der Waals surface area contributed by atoms with Gasteiger partial charge in [0.25, 0.3) is 11.6 Å². The first-order chi connectivity index (χ1) is 12.8. The van der Waals surface area contributed by atoms with Gasteiger partial charge in [0.15, 0.2) is 6.61 Å². The lowest BCUT2D eigenvalue weighted by atomic mass is 10.1. The highest BCUT2D eigenvalue weighted by atomic mass is 35.5. The molecule has 0 aromatic heterocycles. The number of aryl methyl sites for hydroxylation is 1. The van der Waals surface area contributed by atoms with Crippen LogP contribution in [0.1, 0.15) is 11.1 Å². The lowest BCUT2D eigenvalue weighted by Gasteiger charge is -2.13. The summed E-state index contributed by atoms with van der Waals surface area (Å²) < 4.78 is 10.8. The molecule has 0 aliphatic rings. The molecule has 0 aliphatic carbocycles. The third-order valence-electron chi connectivity index (χ3n) is 3.73. The Kier molecular flexibility index (Phi) is 6.79. The third kappa shape index (κ3) is 5.21. The van der Waals surface area contributed by atoms with Gasteiger partial charge in [0.1, 0.15) is 11.5 Å². The van der Waals surface area contributed by atoms with Crippen LogP contribution in [0.4, 0.5) is 11.4 Å². The van der Waals surface area contributed by atoms with Gasteiger partial charge in [0.2, 0.25) is 0 Å². The Labute approximate surface area is 161 Å². The fourth-order valence-corrected chi connectivity index (χ4v) is 2.55. The molecular weight excluding hydrogens is 372 g/mol. The van der Waals surface area contributed by atoms with Crippen molar-refractivity contribution < 1.29 is 19.2 Å². The number of nitrogens with one attached hydrogen (secondary N) is 1. The van der Waals surface area contributed by atoms with Gasteiger partial charge < -0.3 is 14.8 Å². The molecule has 0 aliphatic heterocycles. The number of non-ortho nitro benzene ring substituents is 1. The highest BCUT2D eigenvalue weighted by Crippen LogP contribution is 2.31. The number of anilines is 1. The summed E-state index contributed by atoms with van der Waals surface area (Å²) in [6, 6.07) is 7.52. The summed E-state index contributed by atoms with van der Waals surface area (Å²) in [7, 11) is 1.48. The summed E-state index contributed by atoms with van der Waals surface area (Å²) in [4.78, 5) is 22.7. The molecule has 142 valence electrons. The van der Waals surface area contributed by atoms with Gasteiger partial charge in [-0.1, -0.05) is 17.7 Å². The fraction of sp³-hybridized carbons (Fsp3) is 0.211. The van der Waals surface area contributed by atoms with E-state index in [0.717, 1.165) is 5.56 Å². The molecule has 0 saturated carbocycles. The average Bonchev–Trinajstić information content (AvgIpc) is 2.63. The lowest BCUT2D eigenvalue weighted by molar-refractivity contribution is -0.384. The molecule has 0 saturated heterocycles. The minimum Gasteiger partial charge on any atom is -0.495 e. The maximum Gasteiger partial charge on any atom is 0.269 e.